The van der Waals surface area contributed by atoms with Gasteiger partial charge in [-0.15, -0.1) is 0 Å². The van der Waals surface area contributed by atoms with Crippen LogP contribution in [0.1, 0.15) is 20.8 Å². The Kier molecular flexibility index (Phi) is 9.54. The third-order valence-electron chi connectivity index (χ3n) is 1.53. The van der Waals surface area contributed by atoms with Gasteiger partial charge in [0.2, 0.25) is 0 Å². The SMILES string of the molecule is C=C/C=C\C(=C/C)SSC(/C=C\C)=C/C. The van der Waals surface area contributed by atoms with Gasteiger partial charge in [-0.3, -0.25) is 0 Å². The van der Waals surface area contributed by atoms with E-state index in [9.17, 15) is 0 Å². The molecule has 0 heterocycles. The van der Waals surface area contributed by atoms with Gasteiger partial charge in [-0.05, 0) is 26.8 Å². The maximum absolute atomic E-state index is 3.66. The number of hydrogen-bond acceptors (Lipinski definition) is 2. The minimum absolute atomic E-state index is 1.24. The molecule has 0 amide bonds. The van der Waals surface area contributed by atoms with Gasteiger partial charge >= 0.3 is 0 Å². The molecule has 0 saturated carbocycles. The Morgan fingerprint density at radius 3 is 1.87 bits per heavy atom. The van der Waals surface area contributed by atoms with E-state index >= 15 is 0 Å². The Morgan fingerprint density at radius 2 is 1.47 bits per heavy atom. The number of rotatable bonds is 6. The van der Waals surface area contributed by atoms with Crippen molar-refractivity contribution in [2.45, 2.75) is 20.8 Å². The summed E-state index contributed by atoms with van der Waals surface area (Å²) < 4.78 is 0. The Morgan fingerprint density at radius 1 is 0.933 bits per heavy atom. The third-order valence-corrected chi connectivity index (χ3v) is 4.15. The van der Waals surface area contributed by atoms with Gasteiger partial charge in [-0.2, -0.15) is 0 Å². The second-order valence-electron chi connectivity index (χ2n) is 2.64. The van der Waals surface area contributed by atoms with Crippen LogP contribution >= 0.6 is 21.6 Å². The molecule has 0 aliphatic rings. The number of allylic oxidation sites excluding steroid dienone is 7. The molecule has 0 nitrogen and oxygen atoms in total. The maximum Gasteiger partial charge on any atom is 0.0143 e. The molecule has 0 aromatic heterocycles. The average molecular weight is 238 g/mol. The van der Waals surface area contributed by atoms with Crippen LogP contribution in [0.4, 0.5) is 0 Å². The minimum atomic E-state index is 1.24. The summed E-state index contributed by atoms with van der Waals surface area (Å²) >= 11 is 0. The van der Waals surface area contributed by atoms with E-state index < -0.39 is 0 Å². The lowest BCUT2D eigenvalue weighted by Gasteiger charge is -2.01. The minimum Gasteiger partial charge on any atom is -0.0991 e. The quantitative estimate of drug-likeness (QED) is 0.443. The maximum atomic E-state index is 3.66. The van der Waals surface area contributed by atoms with E-state index in [-0.39, 0.29) is 0 Å². The van der Waals surface area contributed by atoms with Crippen LogP contribution in [0, 0.1) is 0 Å². The highest BCUT2D eigenvalue weighted by Gasteiger charge is 1.95. The van der Waals surface area contributed by atoms with E-state index in [1.807, 2.05) is 19.9 Å². The molecular formula is C13H18S2. The van der Waals surface area contributed by atoms with E-state index in [1.165, 1.54) is 9.81 Å². The molecule has 0 rings (SSSR count). The second-order valence-corrected chi connectivity index (χ2v) is 4.92. The van der Waals surface area contributed by atoms with Gasteiger partial charge in [-0.1, -0.05) is 64.6 Å². The van der Waals surface area contributed by atoms with Gasteiger partial charge in [-0.25, -0.2) is 0 Å². The zero-order chi connectivity index (χ0) is 11.5. The molecule has 15 heavy (non-hydrogen) atoms. The van der Waals surface area contributed by atoms with Gasteiger partial charge in [0.25, 0.3) is 0 Å². The molecule has 0 N–H and O–H groups in total. The van der Waals surface area contributed by atoms with Gasteiger partial charge < -0.3 is 0 Å². The summed E-state index contributed by atoms with van der Waals surface area (Å²) in [7, 11) is 3.52. The molecule has 82 valence electrons. The highest BCUT2D eigenvalue weighted by atomic mass is 33.1. The molecule has 0 aromatic rings. The van der Waals surface area contributed by atoms with Crippen molar-refractivity contribution < 1.29 is 0 Å². The first-order valence-electron chi connectivity index (χ1n) is 4.87. The van der Waals surface area contributed by atoms with E-state index in [0.29, 0.717) is 0 Å². The van der Waals surface area contributed by atoms with E-state index in [4.69, 9.17) is 0 Å². The van der Waals surface area contributed by atoms with Crippen molar-refractivity contribution in [2.75, 3.05) is 0 Å². The molecule has 0 aromatic carbocycles. The molecule has 0 unspecified atom stereocenters. The van der Waals surface area contributed by atoms with E-state index in [0.717, 1.165) is 0 Å². The van der Waals surface area contributed by atoms with Crippen molar-refractivity contribution in [3.05, 3.63) is 58.9 Å². The fourth-order valence-corrected chi connectivity index (χ4v) is 2.97. The summed E-state index contributed by atoms with van der Waals surface area (Å²) in [4.78, 5) is 2.51. The summed E-state index contributed by atoms with van der Waals surface area (Å²) in [6.07, 6.45) is 14.2. The smallest absolute Gasteiger partial charge is 0.0143 e. The van der Waals surface area contributed by atoms with Crippen LogP contribution in [0.5, 0.6) is 0 Å². The fourth-order valence-electron chi connectivity index (χ4n) is 0.768. The molecule has 0 saturated heterocycles. The first kappa shape index (κ1) is 14.4. The molecule has 0 bridgehead atoms. The molecule has 0 spiro atoms. The van der Waals surface area contributed by atoms with Crippen LogP contribution in [0.15, 0.2) is 58.9 Å². The first-order chi connectivity index (χ1) is 7.28. The molecule has 0 atom stereocenters. The standard InChI is InChI=1S/C13H18S2/c1-5-9-11-13(8-4)15-14-12(7-3)10-6-2/h5-11H,1H2,2-4H3/b10-6-,11-9-,12-7+,13-8+. The van der Waals surface area contributed by atoms with Crippen LogP contribution in [-0.2, 0) is 0 Å². The molecule has 0 fully saturated rings. The van der Waals surface area contributed by atoms with Crippen molar-refractivity contribution in [3.63, 3.8) is 0 Å². The molecule has 0 aliphatic heterocycles. The van der Waals surface area contributed by atoms with E-state index in [2.05, 4.69) is 43.9 Å². The highest BCUT2D eigenvalue weighted by Crippen LogP contribution is 2.37. The third kappa shape index (κ3) is 7.34. The average Bonchev–Trinajstić information content (AvgIpc) is 2.27. The normalized spacial score (nSPS) is 14.1. The molecule has 2 heteroatoms. The zero-order valence-corrected chi connectivity index (χ0v) is 11.2. The van der Waals surface area contributed by atoms with Crippen LogP contribution in [0.2, 0.25) is 0 Å². The zero-order valence-electron chi connectivity index (χ0n) is 9.57. The largest absolute Gasteiger partial charge is 0.0991 e. The Balaban J connectivity index is 4.23. The van der Waals surface area contributed by atoms with E-state index in [1.54, 1.807) is 27.7 Å². The topological polar surface area (TPSA) is 0 Å². The second kappa shape index (κ2) is 9.94. The van der Waals surface area contributed by atoms with Gasteiger partial charge in [0, 0.05) is 9.81 Å². The van der Waals surface area contributed by atoms with Crippen LogP contribution in [0.3, 0.4) is 0 Å². The van der Waals surface area contributed by atoms with Gasteiger partial charge in [0.15, 0.2) is 0 Å². The molecule has 0 radical (unpaired) electrons. The van der Waals surface area contributed by atoms with Crippen LogP contribution in [0.25, 0.3) is 0 Å². The predicted molar refractivity (Wildman–Crippen MR) is 76.8 cm³/mol. The summed E-state index contributed by atoms with van der Waals surface area (Å²) in [6, 6.07) is 0. The predicted octanol–water partition coefficient (Wildman–Crippen LogP) is 5.49. The van der Waals surface area contributed by atoms with Gasteiger partial charge in [0.05, 0.1) is 0 Å². The van der Waals surface area contributed by atoms with Crippen molar-refractivity contribution >= 4 is 21.6 Å². The van der Waals surface area contributed by atoms with Crippen LogP contribution < -0.4 is 0 Å². The summed E-state index contributed by atoms with van der Waals surface area (Å²) in [5.74, 6) is 0. The summed E-state index contributed by atoms with van der Waals surface area (Å²) in [5.41, 5.74) is 0. The van der Waals surface area contributed by atoms with Crippen LogP contribution in [-0.4, -0.2) is 0 Å². The molecular weight excluding hydrogens is 220 g/mol. The van der Waals surface area contributed by atoms with Crippen molar-refractivity contribution in [3.8, 4) is 0 Å². The lowest BCUT2D eigenvalue weighted by atomic mass is 10.4. The molecule has 0 aliphatic carbocycles. The lowest BCUT2D eigenvalue weighted by molar-refractivity contribution is 1.66. The lowest BCUT2D eigenvalue weighted by Crippen LogP contribution is -1.68. The Labute approximate surface area is 101 Å². The Bertz CT molecular complexity index is 294. The Hall–Kier alpha value is -0.600. The first-order valence-corrected chi connectivity index (χ1v) is 7.02. The van der Waals surface area contributed by atoms with Crippen molar-refractivity contribution in [2.24, 2.45) is 0 Å². The summed E-state index contributed by atoms with van der Waals surface area (Å²) in [5, 5.41) is 0. The highest BCUT2D eigenvalue weighted by molar-refractivity contribution is 8.79. The van der Waals surface area contributed by atoms with Crippen molar-refractivity contribution in [1.82, 2.24) is 0 Å². The van der Waals surface area contributed by atoms with Crippen molar-refractivity contribution in [1.29, 1.82) is 0 Å². The monoisotopic (exact) mass is 238 g/mol. The van der Waals surface area contributed by atoms with Gasteiger partial charge in [0.1, 0.15) is 0 Å². The fraction of sp³-hybridized carbons (Fsp3) is 0.231. The number of hydrogen-bond donors (Lipinski definition) is 0. The summed E-state index contributed by atoms with van der Waals surface area (Å²) in [6.45, 7) is 9.78.